The fraction of sp³-hybridized carbons (Fsp3) is 0. The van der Waals surface area contributed by atoms with Crippen LogP contribution in [0.15, 0.2) is 109 Å². The molecule has 0 aliphatic rings. The van der Waals surface area contributed by atoms with Gasteiger partial charge >= 0.3 is 0 Å². The quantitative estimate of drug-likeness (QED) is 0.230. The lowest BCUT2D eigenvalue weighted by molar-refractivity contribution is 0.477. The Bertz CT molecular complexity index is 1820. The summed E-state index contributed by atoms with van der Waals surface area (Å²) in [4.78, 5) is 14.4. The number of rotatable bonds is 3. The predicted octanol–water partition coefficient (Wildman–Crippen LogP) is 7.45. The average Bonchev–Trinajstić information content (AvgIpc) is 2.96. The Hall–Kier alpha value is -5.49. The monoisotopic (exact) mass is 507 g/mol. The second-order valence-electron chi connectivity index (χ2n) is 9.35. The second kappa shape index (κ2) is 8.82. The standard InChI is InChI=1S/C33H21N3O3/c37-25-16-13-19-7-1-4-10-22(19)28(25)31-34-32(29-23-11-5-2-8-20(23)14-17-26(29)38)36-33(35-31)30-24-12-6-3-9-21(24)15-18-27(30)39/h1-18,37-39H. The fourth-order valence-corrected chi connectivity index (χ4v) is 5.20. The summed E-state index contributed by atoms with van der Waals surface area (Å²) in [6.07, 6.45) is 0. The van der Waals surface area contributed by atoms with Gasteiger partial charge in [-0.05, 0) is 50.5 Å². The predicted molar refractivity (Wildman–Crippen MR) is 154 cm³/mol. The Kier molecular flexibility index (Phi) is 5.13. The summed E-state index contributed by atoms with van der Waals surface area (Å²) in [6, 6.07) is 33.4. The molecule has 0 amide bonds. The van der Waals surface area contributed by atoms with E-state index in [0.29, 0.717) is 16.7 Å². The van der Waals surface area contributed by atoms with E-state index in [1.54, 1.807) is 18.2 Å². The minimum atomic E-state index is 0.0149. The van der Waals surface area contributed by atoms with E-state index in [4.69, 9.17) is 15.0 Å². The lowest BCUT2D eigenvalue weighted by Gasteiger charge is -2.14. The largest absolute Gasteiger partial charge is 0.507 e. The van der Waals surface area contributed by atoms with Crippen LogP contribution in [0.2, 0.25) is 0 Å². The van der Waals surface area contributed by atoms with Crippen molar-refractivity contribution in [3.05, 3.63) is 109 Å². The van der Waals surface area contributed by atoms with Crippen molar-refractivity contribution in [2.75, 3.05) is 0 Å². The molecule has 1 aromatic heterocycles. The van der Waals surface area contributed by atoms with Crippen molar-refractivity contribution in [2.24, 2.45) is 0 Å². The van der Waals surface area contributed by atoms with Gasteiger partial charge in [-0.2, -0.15) is 0 Å². The fourth-order valence-electron chi connectivity index (χ4n) is 5.20. The summed E-state index contributed by atoms with van der Waals surface area (Å²) >= 11 is 0. The van der Waals surface area contributed by atoms with Crippen LogP contribution >= 0.6 is 0 Å². The SMILES string of the molecule is Oc1ccc2ccccc2c1-c1nc(-c2c(O)ccc3ccccc23)nc(-c2c(O)ccc3ccccc23)n1. The van der Waals surface area contributed by atoms with Crippen LogP contribution in [0.25, 0.3) is 66.5 Å². The van der Waals surface area contributed by atoms with Gasteiger partial charge in [0.15, 0.2) is 17.5 Å². The molecular weight excluding hydrogens is 486 g/mol. The van der Waals surface area contributed by atoms with Crippen LogP contribution < -0.4 is 0 Å². The Balaban J connectivity index is 1.62. The Morgan fingerprint density at radius 3 is 0.923 bits per heavy atom. The van der Waals surface area contributed by atoms with Gasteiger partial charge in [-0.1, -0.05) is 91.0 Å². The molecule has 0 unspecified atom stereocenters. The number of hydrogen-bond donors (Lipinski definition) is 3. The molecule has 0 fully saturated rings. The molecule has 7 aromatic rings. The molecule has 0 bridgehead atoms. The van der Waals surface area contributed by atoms with Crippen LogP contribution in [-0.4, -0.2) is 30.3 Å². The van der Waals surface area contributed by atoms with Crippen molar-refractivity contribution in [1.82, 2.24) is 15.0 Å². The first kappa shape index (κ1) is 22.7. The molecule has 0 atom stereocenters. The van der Waals surface area contributed by atoms with Crippen LogP contribution in [0.5, 0.6) is 17.2 Å². The van der Waals surface area contributed by atoms with Gasteiger partial charge in [-0.25, -0.2) is 15.0 Å². The number of phenols is 3. The van der Waals surface area contributed by atoms with Gasteiger partial charge in [0, 0.05) is 0 Å². The molecular formula is C33H21N3O3. The lowest BCUT2D eigenvalue weighted by Crippen LogP contribution is -2.02. The Labute approximate surface area is 223 Å². The molecule has 0 saturated carbocycles. The van der Waals surface area contributed by atoms with E-state index >= 15 is 0 Å². The third kappa shape index (κ3) is 3.69. The number of nitrogens with zero attached hydrogens (tertiary/aromatic N) is 3. The van der Waals surface area contributed by atoms with Gasteiger partial charge in [0.05, 0.1) is 16.7 Å². The number of phenolic OH excluding ortho intramolecular Hbond substituents is 3. The smallest absolute Gasteiger partial charge is 0.168 e. The maximum atomic E-state index is 11.0. The number of fused-ring (bicyclic) bond motifs is 3. The van der Waals surface area contributed by atoms with Crippen molar-refractivity contribution >= 4 is 32.3 Å². The summed E-state index contributed by atoms with van der Waals surface area (Å²) in [5, 5.41) is 38.2. The Morgan fingerprint density at radius 1 is 0.333 bits per heavy atom. The van der Waals surface area contributed by atoms with E-state index in [1.807, 2.05) is 91.0 Å². The van der Waals surface area contributed by atoms with Crippen molar-refractivity contribution < 1.29 is 15.3 Å². The summed E-state index contributed by atoms with van der Waals surface area (Å²) in [5.41, 5.74) is 1.33. The zero-order valence-corrected chi connectivity index (χ0v) is 20.6. The highest BCUT2D eigenvalue weighted by molar-refractivity contribution is 6.02. The average molecular weight is 508 g/mol. The summed E-state index contributed by atoms with van der Waals surface area (Å²) in [6.45, 7) is 0. The molecule has 3 N–H and O–H groups in total. The highest BCUT2D eigenvalue weighted by Crippen LogP contribution is 2.41. The molecule has 0 spiro atoms. The molecule has 6 nitrogen and oxygen atoms in total. The molecule has 39 heavy (non-hydrogen) atoms. The van der Waals surface area contributed by atoms with Gasteiger partial charge in [-0.3, -0.25) is 0 Å². The molecule has 6 aromatic carbocycles. The number of aromatic hydroxyl groups is 3. The molecule has 0 aliphatic carbocycles. The highest BCUT2D eigenvalue weighted by Gasteiger charge is 2.22. The molecule has 1 heterocycles. The number of hydrogen-bond acceptors (Lipinski definition) is 6. The van der Waals surface area contributed by atoms with Gasteiger partial charge in [-0.15, -0.1) is 0 Å². The number of aromatic nitrogens is 3. The first-order valence-corrected chi connectivity index (χ1v) is 12.5. The third-order valence-corrected chi connectivity index (χ3v) is 7.03. The number of benzene rings is 6. The second-order valence-corrected chi connectivity index (χ2v) is 9.35. The van der Waals surface area contributed by atoms with Crippen LogP contribution in [-0.2, 0) is 0 Å². The third-order valence-electron chi connectivity index (χ3n) is 7.03. The van der Waals surface area contributed by atoms with Crippen molar-refractivity contribution in [2.45, 2.75) is 0 Å². The normalized spacial score (nSPS) is 11.4. The van der Waals surface area contributed by atoms with Crippen LogP contribution in [0.3, 0.4) is 0 Å². The van der Waals surface area contributed by atoms with Gasteiger partial charge in [0.1, 0.15) is 17.2 Å². The van der Waals surface area contributed by atoms with Crippen LogP contribution in [0.1, 0.15) is 0 Å². The molecule has 186 valence electrons. The molecule has 0 aliphatic heterocycles. The zero-order chi connectivity index (χ0) is 26.5. The first-order valence-electron chi connectivity index (χ1n) is 12.5. The minimum absolute atomic E-state index is 0.0149. The topological polar surface area (TPSA) is 99.4 Å². The maximum absolute atomic E-state index is 11.0. The van der Waals surface area contributed by atoms with E-state index in [0.717, 1.165) is 32.3 Å². The van der Waals surface area contributed by atoms with Crippen molar-refractivity contribution in [3.8, 4) is 51.4 Å². The maximum Gasteiger partial charge on any atom is 0.168 e. The Morgan fingerprint density at radius 2 is 0.615 bits per heavy atom. The van der Waals surface area contributed by atoms with Crippen molar-refractivity contribution in [3.63, 3.8) is 0 Å². The van der Waals surface area contributed by atoms with E-state index < -0.39 is 0 Å². The van der Waals surface area contributed by atoms with E-state index in [-0.39, 0.29) is 34.7 Å². The van der Waals surface area contributed by atoms with E-state index in [1.165, 1.54) is 0 Å². The molecule has 6 heteroatoms. The van der Waals surface area contributed by atoms with E-state index in [9.17, 15) is 15.3 Å². The summed E-state index contributed by atoms with van der Waals surface area (Å²) in [5.74, 6) is 0.722. The minimum Gasteiger partial charge on any atom is -0.507 e. The van der Waals surface area contributed by atoms with Gasteiger partial charge < -0.3 is 15.3 Å². The van der Waals surface area contributed by atoms with E-state index in [2.05, 4.69) is 0 Å². The molecule has 0 saturated heterocycles. The van der Waals surface area contributed by atoms with Gasteiger partial charge in [0.25, 0.3) is 0 Å². The van der Waals surface area contributed by atoms with Crippen molar-refractivity contribution in [1.29, 1.82) is 0 Å². The first-order chi connectivity index (χ1) is 19.1. The summed E-state index contributed by atoms with van der Waals surface area (Å²) in [7, 11) is 0. The van der Waals surface area contributed by atoms with Crippen LogP contribution in [0.4, 0.5) is 0 Å². The van der Waals surface area contributed by atoms with Crippen LogP contribution in [0, 0.1) is 0 Å². The van der Waals surface area contributed by atoms with Gasteiger partial charge in [0.2, 0.25) is 0 Å². The zero-order valence-electron chi connectivity index (χ0n) is 20.6. The highest BCUT2D eigenvalue weighted by atomic mass is 16.3. The molecule has 7 rings (SSSR count). The molecule has 0 radical (unpaired) electrons. The lowest BCUT2D eigenvalue weighted by atomic mass is 10.0. The summed E-state index contributed by atoms with van der Waals surface area (Å²) < 4.78 is 0.